The van der Waals surface area contributed by atoms with Gasteiger partial charge in [-0.2, -0.15) is 0 Å². The predicted molar refractivity (Wildman–Crippen MR) is 81.4 cm³/mol. The van der Waals surface area contributed by atoms with Crippen LogP contribution in [0.1, 0.15) is 11.1 Å². The summed E-state index contributed by atoms with van der Waals surface area (Å²) in [4.78, 5) is 22.3. The molecule has 0 aliphatic carbocycles. The van der Waals surface area contributed by atoms with Crippen molar-refractivity contribution in [3.05, 3.63) is 68.5 Å². The lowest BCUT2D eigenvalue weighted by molar-refractivity contribution is -0.137. The van der Waals surface area contributed by atoms with Crippen LogP contribution < -0.4 is 5.56 Å². The summed E-state index contributed by atoms with van der Waals surface area (Å²) in [6.07, 6.45) is 5.19. The highest BCUT2D eigenvalue weighted by molar-refractivity contribution is 9.10. The fourth-order valence-electron chi connectivity index (χ4n) is 1.71. The number of pyridine rings is 1. The molecule has 0 bridgehead atoms. The lowest BCUT2D eigenvalue weighted by atomic mass is 10.1. The molecule has 0 saturated carbocycles. The molecule has 0 atom stereocenters. The number of carboxylic acid groups (broad SMARTS) is 1. The Labute approximate surface area is 124 Å². The molecule has 1 aromatic carbocycles. The Morgan fingerprint density at radius 1 is 1.20 bits per heavy atom. The maximum Gasteiger partial charge on any atom is 0.323 e. The van der Waals surface area contributed by atoms with E-state index < -0.39 is 5.97 Å². The van der Waals surface area contributed by atoms with Crippen molar-refractivity contribution >= 4 is 34.1 Å². The molecule has 1 heterocycles. The average Bonchev–Trinajstić information content (AvgIpc) is 2.39. The molecule has 2 rings (SSSR count). The van der Waals surface area contributed by atoms with Crippen molar-refractivity contribution < 1.29 is 9.90 Å². The summed E-state index contributed by atoms with van der Waals surface area (Å²) in [5, 5.41) is 8.66. The van der Waals surface area contributed by atoms with Crippen LogP contribution in [0.2, 0.25) is 0 Å². The number of aromatic nitrogens is 1. The number of hydrogen-bond donors (Lipinski definition) is 1. The highest BCUT2D eigenvalue weighted by Gasteiger charge is 2.01. The number of benzene rings is 1. The van der Waals surface area contributed by atoms with E-state index in [1.165, 1.54) is 12.3 Å². The van der Waals surface area contributed by atoms with E-state index in [2.05, 4.69) is 15.9 Å². The van der Waals surface area contributed by atoms with Gasteiger partial charge in [0.05, 0.1) is 0 Å². The smallest absolute Gasteiger partial charge is 0.323 e. The lowest BCUT2D eigenvalue weighted by Gasteiger charge is -2.01. The molecule has 0 unspecified atom stereocenters. The zero-order chi connectivity index (χ0) is 14.5. The molecule has 0 radical (unpaired) electrons. The monoisotopic (exact) mass is 333 g/mol. The molecular weight excluding hydrogens is 322 g/mol. The molecule has 0 aliphatic heterocycles. The zero-order valence-electron chi connectivity index (χ0n) is 10.5. The van der Waals surface area contributed by atoms with Crippen LogP contribution in [0, 0.1) is 0 Å². The van der Waals surface area contributed by atoms with Crippen LogP contribution in [0.5, 0.6) is 0 Å². The van der Waals surface area contributed by atoms with Gasteiger partial charge in [0, 0.05) is 16.7 Å². The molecule has 0 aliphatic rings. The number of carbonyl (C=O) groups is 1. The summed E-state index contributed by atoms with van der Waals surface area (Å²) in [7, 11) is 0. The second-order valence-corrected chi connectivity index (χ2v) is 5.12. The molecule has 0 saturated heterocycles. The molecule has 102 valence electrons. The second-order valence-electron chi connectivity index (χ2n) is 4.21. The molecular formula is C15H12BrNO3. The van der Waals surface area contributed by atoms with Gasteiger partial charge in [-0.1, -0.05) is 40.2 Å². The third-order valence-electron chi connectivity index (χ3n) is 2.64. The van der Waals surface area contributed by atoms with Gasteiger partial charge in [0.2, 0.25) is 0 Å². The third kappa shape index (κ3) is 3.93. The van der Waals surface area contributed by atoms with Crippen LogP contribution in [-0.2, 0) is 11.3 Å². The van der Waals surface area contributed by atoms with E-state index in [0.29, 0.717) is 0 Å². The van der Waals surface area contributed by atoms with Crippen LogP contribution >= 0.6 is 15.9 Å². The summed E-state index contributed by atoms with van der Waals surface area (Å²) in [6.45, 7) is -0.325. The normalized spacial score (nSPS) is 10.8. The van der Waals surface area contributed by atoms with Gasteiger partial charge in [-0.25, -0.2) is 0 Å². The topological polar surface area (TPSA) is 59.3 Å². The van der Waals surface area contributed by atoms with E-state index in [-0.39, 0.29) is 12.1 Å². The Bertz CT molecular complexity index is 719. The molecule has 0 spiro atoms. The minimum atomic E-state index is -1.04. The van der Waals surface area contributed by atoms with Crippen molar-refractivity contribution in [3.63, 3.8) is 0 Å². The van der Waals surface area contributed by atoms with Crippen molar-refractivity contribution in [2.24, 2.45) is 0 Å². The van der Waals surface area contributed by atoms with Crippen molar-refractivity contribution in [1.29, 1.82) is 0 Å². The quantitative estimate of drug-likeness (QED) is 0.935. The highest BCUT2D eigenvalue weighted by Crippen LogP contribution is 2.14. The largest absolute Gasteiger partial charge is 0.480 e. The first-order valence-electron chi connectivity index (χ1n) is 5.90. The molecule has 2 aromatic rings. The highest BCUT2D eigenvalue weighted by atomic mass is 79.9. The first-order chi connectivity index (χ1) is 9.54. The summed E-state index contributed by atoms with van der Waals surface area (Å²) < 4.78 is 2.13. The summed E-state index contributed by atoms with van der Waals surface area (Å²) in [5.41, 5.74) is 1.41. The maximum absolute atomic E-state index is 11.7. The van der Waals surface area contributed by atoms with Gasteiger partial charge in [0.1, 0.15) is 6.54 Å². The summed E-state index contributed by atoms with van der Waals surface area (Å²) >= 11 is 3.39. The fourth-order valence-corrected chi connectivity index (χ4v) is 2.12. The Morgan fingerprint density at radius 2 is 1.90 bits per heavy atom. The number of rotatable bonds is 4. The van der Waals surface area contributed by atoms with E-state index >= 15 is 0 Å². The van der Waals surface area contributed by atoms with E-state index in [0.717, 1.165) is 20.2 Å². The van der Waals surface area contributed by atoms with Crippen molar-refractivity contribution in [2.45, 2.75) is 6.54 Å². The van der Waals surface area contributed by atoms with Crippen LogP contribution in [-0.4, -0.2) is 15.6 Å². The third-order valence-corrected chi connectivity index (χ3v) is 3.14. The Kier molecular flexibility index (Phi) is 4.53. The van der Waals surface area contributed by atoms with Crippen molar-refractivity contribution in [2.75, 3.05) is 0 Å². The van der Waals surface area contributed by atoms with E-state index in [1.807, 2.05) is 36.4 Å². The molecule has 1 aromatic heterocycles. The number of carboxylic acids is 1. The van der Waals surface area contributed by atoms with E-state index in [4.69, 9.17) is 5.11 Å². The SMILES string of the molecule is O=C(O)Cn1ccc(/C=C/c2cccc(Br)c2)cc1=O. The van der Waals surface area contributed by atoms with Crippen LogP contribution in [0.25, 0.3) is 12.2 Å². The molecule has 0 amide bonds. The number of halogens is 1. The van der Waals surface area contributed by atoms with Gasteiger partial charge in [-0.3, -0.25) is 9.59 Å². The molecule has 1 N–H and O–H groups in total. The standard InChI is InChI=1S/C15H12BrNO3/c16-13-3-1-2-11(8-13)4-5-12-6-7-17(10-15(19)20)14(18)9-12/h1-9H,10H2,(H,19,20)/b5-4+. The van der Waals surface area contributed by atoms with Gasteiger partial charge >= 0.3 is 5.97 Å². The second kappa shape index (κ2) is 6.34. The predicted octanol–water partition coefficient (Wildman–Crippen LogP) is 2.87. The van der Waals surface area contributed by atoms with Gasteiger partial charge in [-0.15, -0.1) is 0 Å². The molecule has 20 heavy (non-hydrogen) atoms. The first kappa shape index (κ1) is 14.3. The van der Waals surface area contributed by atoms with E-state index in [9.17, 15) is 9.59 Å². The van der Waals surface area contributed by atoms with Gasteiger partial charge in [-0.05, 0) is 29.3 Å². The number of aliphatic carboxylic acids is 1. The average molecular weight is 334 g/mol. The summed E-state index contributed by atoms with van der Waals surface area (Å²) in [5.74, 6) is -1.04. The maximum atomic E-state index is 11.7. The minimum absolute atomic E-state index is 0.325. The fraction of sp³-hybridized carbons (Fsp3) is 0.0667. The molecule has 0 fully saturated rings. The van der Waals surface area contributed by atoms with Crippen molar-refractivity contribution in [1.82, 2.24) is 4.57 Å². The van der Waals surface area contributed by atoms with Gasteiger partial charge < -0.3 is 9.67 Å². The minimum Gasteiger partial charge on any atom is -0.480 e. The van der Waals surface area contributed by atoms with Crippen LogP contribution in [0.15, 0.2) is 51.9 Å². The van der Waals surface area contributed by atoms with Crippen LogP contribution in [0.4, 0.5) is 0 Å². The van der Waals surface area contributed by atoms with Crippen molar-refractivity contribution in [3.8, 4) is 0 Å². The van der Waals surface area contributed by atoms with Gasteiger partial charge in [0.15, 0.2) is 0 Å². The Hall–Kier alpha value is -2.14. The molecule has 5 heteroatoms. The van der Waals surface area contributed by atoms with Crippen LogP contribution in [0.3, 0.4) is 0 Å². The number of nitrogens with zero attached hydrogens (tertiary/aromatic N) is 1. The Morgan fingerprint density at radius 3 is 2.50 bits per heavy atom. The summed E-state index contributed by atoms with van der Waals surface area (Å²) in [6, 6.07) is 10.9. The molecule has 4 nitrogen and oxygen atoms in total. The Balaban J connectivity index is 2.20. The number of hydrogen-bond acceptors (Lipinski definition) is 2. The van der Waals surface area contributed by atoms with E-state index in [1.54, 1.807) is 6.07 Å². The zero-order valence-corrected chi connectivity index (χ0v) is 12.1. The first-order valence-corrected chi connectivity index (χ1v) is 6.70. The lowest BCUT2D eigenvalue weighted by Crippen LogP contribution is -2.22. The van der Waals surface area contributed by atoms with Gasteiger partial charge in [0.25, 0.3) is 5.56 Å².